The molecule has 1 aromatic rings. The zero-order chi connectivity index (χ0) is 13.1. The fraction of sp³-hybridized carbons (Fsp3) is 0.231. The minimum absolute atomic E-state index is 0.204. The fourth-order valence-corrected chi connectivity index (χ4v) is 2.03. The van der Waals surface area contributed by atoms with E-state index in [0.717, 1.165) is 6.42 Å². The Morgan fingerprint density at radius 1 is 1.44 bits per heavy atom. The molecule has 0 atom stereocenters. The lowest BCUT2D eigenvalue weighted by Gasteiger charge is -2.11. The number of carbonyl (C=O) groups is 1. The molecule has 0 saturated carbocycles. The molecule has 1 heterocycles. The standard InChI is InChI=1S/C13H13FN2OS/c1-2-7-16-12(17)11(15-13(16)18)8-9-5-3-4-6-10(9)14/h3-6,8H,2,7H2,1H3,(H,15,18)/b11-8+. The van der Waals surface area contributed by atoms with Crippen LogP contribution < -0.4 is 5.32 Å². The third-order valence-electron chi connectivity index (χ3n) is 2.61. The van der Waals surface area contributed by atoms with Gasteiger partial charge in [0.15, 0.2) is 5.11 Å². The lowest BCUT2D eigenvalue weighted by Crippen LogP contribution is -2.31. The molecule has 94 valence electrons. The van der Waals surface area contributed by atoms with E-state index in [0.29, 0.717) is 22.9 Å². The van der Waals surface area contributed by atoms with Crippen molar-refractivity contribution >= 4 is 29.3 Å². The Labute approximate surface area is 110 Å². The molecule has 0 aliphatic carbocycles. The van der Waals surface area contributed by atoms with E-state index in [1.165, 1.54) is 17.0 Å². The Kier molecular flexibility index (Phi) is 3.72. The maximum atomic E-state index is 13.5. The summed E-state index contributed by atoms with van der Waals surface area (Å²) in [7, 11) is 0. The molecule has 0 spiro atoms. The molecule has 1 aromatic carbocycles. The van der Waals surface area contributed by atoms with Gasteiger partial charge in [-0.15, -0.1) is 0 Å². The first-order chi connectivity index (χ1) is 8.63. The van der Waals surface area contributed by atoms with Crippen molar-refractivity contribution in [2.24, 2.45) is 0 Å². The first-order valence-electron chi connectivity index (χ1n) is 5.72. The molecule has 0 bridgehead atoms. The molecule has 2 rings (SSSR count). The van der Waals surface area contributed by atoms with Crippen molar-refractivity contribution in [3.63, 3.8) is 0 Å². The van der Waals surface area contributed by atoms with Crippen molar-refractivity contribution in [1.82, 2.24) is 10.2 Å². The Hall–Kier alpha value is -1.75. The zero-order valence-corrected chi connectivity index (χ0v) is 10.8. The van der Waals surface area contributed by atoms with Gasteiger partial charge in [-0.1, -0.05) is 25.1 Å². The monoisotopic (exact) mass is 264 g/mol. The summed E-state index contributed by atoms with van der Waals surface area (Å²) in [6.07, 6.45) is 2.31. The summed E-state index contributed by atoms with van der Waals surface area (Å²) in [6, 6.07) is 6.29. The van der Waals surface area contributed by atoms with Gasteiger partial charge in [-0.2, -0.15) is 0 Å². The van der Waals surface area contributed by atoms with E-state index in [2.05, 4.69) is 5.32 Å². The van der Waals surface area contributed by atoms with Crippen LogP contribution in [0.2, 0.25) is 0 Å². The molecule has 18 heavy (non-hydrogen) atoms. The smallest absolute Gasteiger partial charge is 0.276 e. The van der Waals surface area contributed by atoms with Crippen LogP contribution >= 0.6 is 12.2 Å². The third kappa shape index (κ3) is 2.41. The summed E-state index contributed by atoms with van der Waals surface area (Å²) in [5.74, 6) is -0.565. The number of amides is 1. The van der Waals surface area contributed by atoms with Gasteiger partial charge in [0.2, 0.25) is 0 Å². The molecule has 1 saturated heterocycles. The van der Waals surface area contributed by atoms with E-state index in [1.54, 1.807) is 18.2 Å². The number of nitrogens with one attached hydrogen (secondary N) is 1. The number of thiocarbonyl (C=S) groups is 1. The highest BCUT2D eigenvalue weighted by Crippen LogP contribution is 2.16. The second-order valence-corrected chi connectivity index (χ2v) is 4.35. The van der Waals surface area contributed by atoms with Crippen LogP contribution in [0.4, 0.5) is 4.39 Å². The van der Waals surface area contributed by atoms with Crippen LogP contribution in [0.3, 0.4) is 0 Å². The van der Waals surface area contributed by atoms with Crippen molar-refractivity contribution in [2.75, 3.05) is 6.54 Å². The molecule has 1 amide bonds. The van der Waals surface area contributed by atoms with Gasteiger partial charge >= 0.3 is 0 Å². The number of carbonyl (C=O) groups excluding carboxylic acids is 1. The maximum absolute atomic E-state index is 13.5. The molecule has 0 radical (unpaired) electrons. The van der Waals surface area contributed by atoms with Gasteiger partial charge in [0.25, 0.3) is 5.91 Å². The predicted octanol–water partition coefficient (Wildman–Crippen LogP) is 2.29. The molecule has 1 N–H and O–H groups in total. The van der Waals surface area contributed by atoms with Crippen molar-refractivity contribution < 1.29 is 9.18 Å². The van der Waals surface area contributed by atoms with Crippen LogP contribution in [-0.2, 0) is 4.79 Å². The number of rotatable bonds is 3. The number of hydrogen-bond donors (Lipinski definition) is 1. The minimum Gasteiger partial charge on any atom is -0.328 e. The highest BCUT2D eigenvalue weighted by molar-refractivity contribution is 7.80. The SMILES string of the molecule is CCCN1C(=O)/C(=C\c2ccccc2F)NC1=S. The summed E-state index contributed by atoms with van der Waals surface area (Å²) < 4.78 is 13.5. The van der Waals surface area contributed by atoms with Crippen LogP contribution in [0.5, 0.6) is 0 Å². The highest BCUT2D eigenvalue weighted by Gasteiger charge is 2.29. The van der Waals surface area contributed by atoms with Gasteiger partial charge < -0.3 is 5.32 Å². The van der Waals surface area contributed by atoms with Crippen molar-refractivity contribution in [3.05, 3.63) is 41.3 Å². The molecular formula is C13H13FN2OS. The normalized spacial score (nSPS) is 17.4. The van der Waals surface area contributed by atoms with E-state index >= 15 is 0 Å². The zero-order valence-electron chi connectivity index (χ0n) is 9.94. The van der Waals surface area contributed by atoms with Crippen molar-refractivity contribution in [1.29, 1.82) is 0 Å². The van der Waals surface area contributed by atoms with Gasteiger partial charge in [0, 0.05) is 12.1 Å². The lowest BCUT2D eigenvalue weighted by atomic mass is 10.2. The fourth-order valence-electron chi connectivity index (χ4n) is 1.75. The summed E-state index contributed by atoms with van der Waals surface area (Å²) in [4.78, 5) is 13.5. The van der Waals surface area contributed by atoms with Gasteiger partial charge in [-0.05, 0) is 30.8 Å². The largest absolute Gasteiger partial charge is 0.328 e. The van der Waals surface area contributed by atoms with E-state index in [1.807, 2.05) is 6.92 Å². The molecule has 3 nitrogen and oxygen atoms in total. The summed E-state index contributed by atoms with van der Waals surface area (Å²) in [5, 5.41) is 3.20. The Bertz CT molecular complexity index is 527. The predicted molar refractivity (Wildman–Crippen MR) is 72.1 cm³/mol. The molecule has 1 aliphatic rings. The number of benzene rings is 1. The van der Waals surface area contributed by atoms with Crippen molar-refractivity contribution in [2.45, 2.75) is 13.3 Å². The number of hydrogen-bond acceptors (Lipinski definition) is 2. The topological polar surface area (TPSA) is 32.3 Å². The first kappa shape index (κ1) is 12.7. The number of nitrogens with zero attached hydrogens (tertiary/aromatic N) is 1. The van der Waals surface area contributed by atoms with E-state index in [4.69, 9.17) is 12.2 Å². The van der Waals surface area contributed by atoms with Gasteiger partial charge in [-0.3, -0.25) is 9.69 Å². The second kappa shape index (κ2) is 5.27. The summed E-state index contributed by atoms with van der Waals surface area (Å²) in [5.41, 5.74) is 0.688. The van der Waals surface area contributed by atoms with Crippen LogP contribution in [0.25, 0.3) is 6.08 Å². The number of halogens is 1. The second-order valence-electron chi connectivity index (χ2n) is 3.97. The van der Waals surface area contributed by atoms with Gasteiger partial charge in [0.05, 0.1) is 0 Å². The Morgan fingerprint density at radius 2 is 2.17 bits per heavy atom. The molecule has 1 fully saturated rings. The van der Waals surface area contributed by atoms with Crippen LogP contribution in [0, 0.1) is 5.82 Å². The average Bonchev–Trinajstić information content (AvgIpc) is 2.60. The van der Waals surface area contributed by atoms with Crippen molar-refractivity contribution in [3.8, 4) is 0 Å². The van der Waals surface area contributed by atoms with Crippen LogP contribution in [0.1, 0.15) is 18.9 Å². The lowest BCUT2D eigenvalue weighted by molar-refractivity contribution is -0.122. The molecule has 5 heteroatoms. The molecule has 0 aromatic heterocycles. The highest BCUT2D eigenvalue weighted by atomic mass is 32.1. The van der Waals surface area contributed by atoms with Crippen LogP contribution in [0.15, 0.2) is 30.0 Å². The maximum Gasteiger partial charge on any atom is 0.276 e. The summed E-state index contributed by atoms with van der Waals surface area (Å²) >= 11 is 5.07. The van der Waals surface area contributed by atoms with Gasteiger partial charge in [-0.25, -0.2) is 4.39 Å². The van der Waals surface area contributed by atoms with Gasteiger partial charge in [0.1, 0.15) is 11.5 Å². The van der Waals surface area contributed by atoms with Crippen LogP contribution in [-0.4, -0.2) is 22.5 Å². The summed E-state index contributed by atoms with van der Waals surface area (Å²) in [6.45, 7) is 2.54. The Morgan fingerprint density at radius 3 is 2.83 bits per heavy atom. The average molecular weight is 264 g/mol. The first-order valence-corrected chi connectivity index (χ1v) is 6.13. The van der Waals surface area contributed by atoms with E-state index < -0.39 is 0 Å². The molecular weight excluding hydrogens is 251 g/mol. The molecule has 0 unspecified atom stereocenters. The quantitative estimate of drug-likeness (QED) is 0.671. The molecule has 1 aliphatic heterocycles. The third-order valence-corrected chi connectivity index (χ3v) is 2.94. The Balaban J connectivity index is 2.28. The van der Waals surface area contributed by atoms with E-state index in [-0.39, 0.29) is 11.7 Å². The van der Waals surface area contributed by atoms with E-state index in [9.17, 15) is 9.18 Å². The minimum atomic E-state index is -0.362.